The number of hydrogen-bond donors (Lipinski definition) is 0. The molecule has 0 N–H and O–H groups in total. The number of fused-ring (bicyclic) bond motifs is 7. The molecule has 214 valence electrons. The van der Waals surface area contributed by atoms with E-state index in [1.54, 1.807) is 0 Å². The first-order valence-corrected chi connectivity index (χ1v) is 15.5. The van der Waals surface area contributed by atoms with Gasteiger partial charge in [0.25, 0.3) is 0 Å². The van der Waals surface area contributed by atoms with Crippen molar-refractivity contribution in [1.29, 1.82) is 0 Å². The van der Waals surface area contributed by atoms with Crippen molar-refractivity contribution >= 4 is 43.1 Å². The summed E-state index contributed by atoms with van der Waals surface area (Å²) in [4.78, 5) is 14.7. The molecule has 0 saturated heterocycles. The number of nitrogens with zero attached hydrogens (tertiary/aromatic N) is 3. The average molecular weight is 586 g/mol. The molecule has 0 spiro atoms. The maximum atomic E-state index is 4.91. The van der Waals surface area contributed by atoms with Gasteiger partial charge in [-0.05, 0) is 54.2 Å². The van der Waals surface area contributed by atoms with E-state index in [4.69, 9.17) is 15.0 Å². The van der Waals surface area contributed by atoms with Crippen molar-refractivity contribution in [2.75, 3.05) is 0 Å². The van der Waals surface area contributed by atoms with Gasteiger partial charge in [-0.3, -0.25) is 0 Å². The third kappa shape index (κ3) is 4.41. The Hall–Kier alpha value is -6.19. The van der Waals surface area contributed by atoms with Crippen molar-refractivity contribution in [3.63, 3.8) is 0 Å². The van der Waals surface area contributed by atoms with Crippen LogP contribution in [0.4, 0.5) is 0 Å². The number of rotatable bonds is 4. The molecule has 0 bridgehead atoms. The zero-order chi connectivity index (χ0) is 30.5. The van der Waals surface area contributed by atoms with Gasteiger partial charge in [0.2, 0.25) is 0 Å². The molecule has 0 aliphatic rings. The zero-order valence-corrected chi connectivity index (χ0v) is 24.9. The number of aromatic nitrogens is 3. The highest BCUT2D eigenvalue weighted by Gasteiger charge is 2.14. The molecule has 0 radical (unpaired) electrons. The largest absolute Gasteiger partial charge is 0.208 e. The Kier molecular flexibility index (Phi) is 6.14. The van der Waals surface area contributed by atoms with Gasteiger partial charge in [-0.1, -0.05) is 164 Å². The van der Waals surface area contributed by atoms with Gasteiger partial charge in [-0.25, -0.2) is 15.0 Å². The van der Waals surface area contributed by atoms with Crippen LogP contribution in [0.3, 0.4) is 0 Å². The summed E-state index contributed by atoms with van der Waals surface area (Å²) in [6.45, 7) is 0. The summed E-state index contributed by atoms with van der Waals surface area (Å²) in [7, 11) is 0. The van der Waals surface area contributed by atoms with E-state index >= 15 is 0 Å². The molecule has 3 heteroatoms. The Labute approximate surface area is 266 Å². The predicted octanol–water partition coefficient (Wildman–Crippen LogP) is 11.2. The maximum Gasteiger partial charge on any atom is 0.164 e. The van der Waals surface area contributed by atoms with E-state index in [0.717, 1.165) is 22.3 Å². The van der Waals surface area contributed by atoms with Gasteiger partial charge in [-0.2, -0.15) is 0 Å². The van der Waals surface area contributed by atoms with Crippen LogP contribution in [0.15, 0.2) is 164 Å². The normalized spacial score (nSPS) is 11.5. The van der Waals surface area contributed by atoms with Gasteiger partial charge in [0.1, 0.15) is 0 Å². The lowest BCUT2D eigenvalue weighted by molar-refractivity contribution is 1.07. The quantitative estimate of drug-likeness (QED) is 0.193. The lowest BCUT2D eigenvalue weighted by Crippen LogP contribution is -2.00. The van der Waals surface area contributed by atoms with Crippen LogP contribution in [0.1, 0.15) is 0 Å². The summed E-state index contributed by atoms with van der Waals surface area (Å²) >= 11 is 0. The fourth-order valence-electron chi connectivity index (χ4n) is 6.67. The SMILES string of the molecule is c1ccc(-c2nc(-c3ccccc3)nc(-c3ccc(-c4cccc5c4ccc4ccc6c7ccccc7ccc6c45)cc3)n2)cc1. The molecule has 46 heavy (non-hydrogen) atoms. The highest BCUT2D eigenvalue weighted by molar-refractivity contribution is 6.25. The van der Waals surface area contributed by atoms with E-state index < -0.39 is 0 Å². The zero-order valence-electron chi connectivity index (χ0n) is 24.9. The fraction of sp³-hybridized carbons (Fsp3) is 0. The Bertz CT molecular complexity index is 2500. The van der Waals surface area contributed by atoms with E-state index in [9.17, 15) is 0 Å². The Balaban J connectivity index is 1.17. The smallest absolute Gasteiger partial charge is 0.164 e. The van der Waals surface area contributed by atoms with Crippen LogP contribution in [0.2, 0.25) is 0 Å². The molecule has 3 nitrogen and oxygen atoms in total. The van der Waals surface area contributed by atoms with E-state index in [1.165, 1.54) is 48.7 Å². The van der Waals surface area contributed by atoms with E-state index in [1.807, 2.05) is 60.7 Å². The second kappa shape index (κ2) is 10.8. The highest BCUT2D eigenvalue weighted by atomic mass is 15.0. The molecule has 0 atom stereocenters. The van der Waals surface area contributed by atoms with Crippen molar-refractivity contribution in [2.24, 2.45) is 0 Å². The van der Waals surface area contributed by atoms with Crippen molar-refractivity contribution < 1.29 is 0 Å². The molecular formula is C43H27N3. The molecule has 0 aliphatic carbocycles. The third-order valence-electron chi connectivity index (χ3n) is 8.92. The van der Waals surface area contributed by atoms with Gasteiger partial charge < -0.3 is 0 Å². The minimum Gasteiger partial charge on any atom is -0.208 e. The van der Waals surface area contributed by atoms with Crippen LogP contribution in [-0.2, 0) is 0 Å². The Morgan fingerprint density at radius 2 is 0.739 bits per heavy atom. The van der Waals surface area contributed by atoms with Gasteiger partial charge in [0.05, 0.1) is 0 Å². The fourth-order valence-corrected chi connectivity index (χ4v) is 6.67. The van der Waals surface area contributed by atoms with E-state index in [-0.39, 0.29) is 0 Å². The molecule has 8 aromatic carbocycles. The van der Waals surface area contributed by atoms with Crippen LogP contribution in [0, 0.1) is 0 Å². The summed E-state index contributed by atoms with van der Waals surface area (Å²) in [6, 6.07) is 57.6. The minimum absolute atomic E-state index is 0.655. The van der Waals surface area contributed by atoms with Crippen molar-refractivity contribution in [3.8, 4) is 45.3 Å². The Morgan fingerprint density at radius 1 is 0.261 bits per heavy atom. The van der Waals surface area contributed by atoms with E-state index in [0.29, 0.717) is 17.5 Å². The first kappa shape index (κ1) is 26.2. The molecule has 0 saturated carbocycles. The monoisotopic (exact) mass is 585 g/mol. The third-order valence-corrected chi connectivity index (χ3v) is 8.92. The summed E-state index contributed by atoms with van der Waals surface area (Å²) in [5.41, 5.74) is 5.23. The Morgan fingerprint density at radius 3 is 1.41 bits per heavy atom. The number of benzene rings is 8. The summed E-state index contributed by atoms with van der Waals surface area (Å²) < 4.78 is 0. The maximum absolute atomic E-state index is 4.91. The lowest BCUT2D eigenvalue weighted by Gasteiger charge is -2.13. The molecule has 0 amide bonds. The molecule has 0 fully saturated rings. The van der Waals surface area contributed by atoms with Crippen LogP contribution in [-0.4, -0.2) is 15.0 Å². The predicted molar refractivity (Wildman–Crippen MR) is 192 cm³/mol. The molecule has 0 aliphatic heterocycles. The minimum atomic E-state index is 0.655. The average Bonchev–Trinajstić information content (AvgIpc) is 3.14. The van der Waals surface area contributed by atoms with Crippen LogP contribution in [0.5, 0.6) is 0 Å². The summed E-state index contributed by atoms with van der Waals surface area (Å²) in [5, 5.41) is 10.2. The van der Waals surface area contributed by atoms with Gasteiger partial charge in [0, 0.05) is 16.7 Å². The summed E-state index contributed by atoms with van der Waals surface area (Å²) in [5.74, 6) is 1.98. The topological polar surface area (TPSA) is 38.7 Å². The van der Waals surface area contributed by atoms with Gasteiger partial charge in [-0.15, -0.1) is 0 Å². The first-order valence-electron chi connectivity index (χ1n) is 15.5. The van der Waals surface area contributed by atoms with Crippen molar-refractivity contribution in [3.05, 3.63) is 164 Å². The van der Waals surface area contributed by atoms with Crippen molar-refractivity contribution in [2.45, 2.75) is 0 Å². The highest BCUT2D eigenvalue weighted by Crippen LogP contribution is 2.39. The second-order valence-electron chi connectivity index (χ2n) is 11.6. The first-order chi connectivity index (χ1) is 22.8. The van der Waals surface area contributed by atoms with Gasteiger partial charge >= 0.3 is 0 Å². The molecule has 1 heterocycles. The van der Waals surface area contributed by atoms with Crippen LogP contribution in [0.25, 0.3) is 88.4 Å². The lowest BCUT2D eigenvalue weighted by atomic mass is 9.91. The summed E-state index contributed by atoms with van der Waals surface area (Å²) in [6.07, 6.45) is 0. The molecule has 9 rings (SSSR count). The van der Waals surface area contributed by atoms with Gasteiger partial charge in [0.15, 0.2) is 17.5 Å². The molecule has 0 unspecified atom stereocenters. The standard InChI is InChI=1S/C43H27N3/c1-3-11-31(12-4-1)41-44-42(32-13-5-2-6-14-32)46-43(45-41)33-20-18-29(19-21-33)35-16-9-17-38-36(35)25-23-30-24-26-37-34-15-8-7-10-28(34)22-27-39(37)40(30)38/h1-27H. The molecular weight excluding hydrogens is 558 g/mol. The van der Waals surface area contributed by atoms with Crippen LogP contribution < -0.4 is 0 Å². The second-order valence-corrected chi connectivity index (χ2v) is 11.6. The van der Waals surface area contributed by atoms with Crippen molar-refractivity contribution in [1.82, 2.24) is 15.0 Å². The van der Waals surface area contributed by atoms with Crippen LogP contribution >= 0.6 is 0 Å². The number of hydrogen-bond acceptors (Lipinski definition) is 3. The molecule has 9 aromatic rings. The molecule has 1 aromatic heterocycles. The van der Waals surface area contributed by atoms with E-state index in [2.05, 4.69) is 103 Å².